The average molecular weight is 178 g/mol. The van der Waals surface area contributed by atoms with Gasteiger partial charge in [0.2, 0.25) is 0 Å². The Hall–Kier alpha value is -0.160. The molecule has 74 valence electrons. The number of rotatable bonds is 8. The maximum Gasteiger partial charge on any atom is 0.0745 e. The third-order valence-electron chi connectivity index (χ3n) is 1.16. The Morgan fingerprint density at radius 3 is 2.25 bits per heavy atom. The summed E-state index contributed by atoms with van der Waals surface area (Å²) in [5, 5.41) is 8.81. The van der Waals surface area contributed by atoms with Gasteiger partial charge in [-0.2, -0.15) is 0 Å². The molecule has 1 N–H and O–H groups in total. The fourth-order valence-electron chi connectivity index (χ4n) is 0.616. The molecule has 0 heterocycles. The number of ether oxygens (including phenoxy) is 3. The third-order valence-corrected chi connectivity index (χ3v) is 1.16. The van der Waals surface area contributed by atoms with Crippen molar-refractivity contribution in [2.75, 3.05) is 40.1 Å². The predicted molar refractivity (Wildman–Crippen MR) is 45.2 cm³/mol. The molecule has 0 bridgehead atoms. The van der Waals surface area contributed by atoms with E-state index in [1.54, 1.807) is 14.0 Å². The molecule has 1 atom stereocenters. The maximum absolute atomic E-state index is 8.81. The predicted octanol–water partition coefficient (Wildman–Crippen LogP) is 0.0468. The summed E-state index contributed by atoms with van der Waals surface area (Å²) in [6, 6.07) is 0. The lowest BCUT2D eigenvalue weighted by molar-refractivity contribution is -0.000868. The SMILES string of the molecule is COCCOCCOC[C@@H](C)O. The molecule has 4 heteroatoms. The first-order valence-electron chi connectivity index (χ1n) is 4.10. The molecule has 0 aromatic heterocycles. The molecule has 0 amide bonds. The summed E-state index contributed by atoms with van der Waals surface area (Å²) in [5.74, 6) is 0. The average Bonchev–Trinajstić information content (AvgIpc) is 2.02. The van der Waals surface area contributed by atoms with Crippen LogP contribution in [0.4, 0.5) is 0 Å². The molecule has 0 aliphatic rings. The van der Waals surface area contributed by atoms with Gasteiger partial charge in [0.05, 0.1) is 39.1 Å². The van der Waals surface area contributed by atoms with Gasteiger partial charge in [-0.3, -0.25) is 0 Å². The van der Waals surface area contributed by atoms with Gasteiger partial charge in [-0.05, 0) is 6.92 Å². The zero-order valence-corrected chi connectivity index (χ0v) is 7.78. The Labute approximate surface area is 73.4 Å². The first-order valence-corrected chi connectivity index (χ1v) is 4.10. The van der Waals surface area contributed by atoms with Crippen LogP contribution in [0.15, 0.2) is 0 Å². The first kappa shape index (κ1) is 11.8. The highest BCUT2D eigenvalue weighted by atomic mass is 16.5. The van der Waals surface area contributed by atoms with E-state index in [1.165, 1.54) is 0 Å². The Bertz CT molecular complexity index is 85.1. The minimum Gasteiger partial charge on any atom is -0.391 e. The number of hydrogen-bond acceptors (Lipinski definition) is 4. The van der Waals surface area contributed by atoms with Crippen LogP contribution < -0.4 is 0 Å². The second kappa shape index (κ2) is 8.93. The molecule has 12 heavy (non-hydrogen) atoms. The van der Waals surface area contributed by atoms with E-state index in [-0.39, 0.29) is 0 Å². The van der Waals surface area contributed by atoms with Crippen LogP contribution in [0.1, 0.15) is 6.92 Å². The van der Waals surface area contributed by atoms with E-state index < -0.39 is 6.10 Å². The number of hydrogen-bond donors (Lipinski definition) is 1. The number of aliphatic hydroxyl groups is 1. The molecule has 0 spiro atoms. The smallest absolute Gasteiger partial charge is 0.0745 e. The van der Waals surface area contributed by atoms with Gasteiger partial charge in [-0.1, -0.05) is 0 Å². The second-order valence-corrected chi connectivity index (χ2v) is 2.53. The largest absolute Gasteiger partial charge is 0.391 e. The van der Waals surface area contributed by atoms with Crippen molar-refractivity contribution in [2.24, 2.45) is 0 Å². The van der Waals surface area contributed by atoms with Gasteiger partial charge in [0.25, 0.3) is 0 Å². The molecule has 0 saturated heterocycles. The molecular weight excluding hydrogens is 160 g/mol. The number of methoxy groups -OCH3 is 1. The quantitative estimate of drug-likeness (QED) is 0.533. The molecule has 0 aliphatic heterocycles. The van der Waals surface area contributed by atoms with Crippen molar-refractivity contribution in [1.29, 1.82) is 0 Å². The molecule has 0 aliphatic carbocycles. The summed E-state index contributed by atoms with van der Waals surface area (Å²) in [6.07, 6.45) is -0.399. The van der Waals surface area contributed by atoms with Gasteiger partial charge in [0, 0.05) is 7.11 Å². The second-order valence-electron chi connectivity index (χ2n) is 2.53. The Balaban J connectivity index is 2.82. The van der Waals surface area contributed by atoms with Gasteiger partial charge in [0.1, 0.15) is 0 Å². The standard InChI is InChI=1S/C8H18O4/c1-8(9)7-12-6-5-11-4-3-10-2/h8-9H,3-7H2,1-2H3/t8-/m1/s1. The molecule has 4 nitrogen and oxygen atoms in total. The van der Waals surface area contributed by atoms with Crippen LogP contribution in [0, 0.1) is 0 Å². The van der Waals surface area contributed by atoms with Gasteiger partial charge in [-0.15, -0.1) is 0 Å². The van der Waals surface area contributed by atoms with E-state index in [2.05, 4.69) is 0 Å². The Morgan fingerprint density at radius 2 is 1.67 bits per heavy atom. The molecule has 0 fully saturated rings. The minimum atomic E-state index is -0.399. The minimum absolute atomic E-state index is 0.369. The highest BCUT2D eigenvalue weighted by Gasteiger charge is 1.94. The van der Waals surface area contributed by atoms with Crippen LogP contribution in [0.25, 0.3) is 0 Å². The summed E-state index contributed by atoms with van der Waals surface area (Å²) in [5.41, 5.74) is 0. The van der Waals surface area contributed by atoms with Crippen LogP contribution >= 0.6 is 0 Å². The van der Waals surface area contributed by atoms with Crippen LogP contribution in [-0.2, 0) is 14.2 Å². The van der Waals surface area contributed by atoms with Gasteiger partial charge < -0.3 is 19.3 Å². The van der Waals surface area contributed by atoms with Crippen molar-refractivity contribution in [1.82, 2.24) is 0 Å². The Morgan fingerprint density at radius 1 is 1.08 bits per heavy atom. The molecule has 0 radical (unpaired) electrons. The lowest BCUT2D eigenvalue weighted by Crippen LogP contribution is -2.14. The first-order chi connectivity index (χ1) is 5.77. The van der Waals surface area contributed by atoms with Crippen molar-refractivity contribution in [3.63, 3.8) is 0 Å². The van der Waals surface area contributed by atoms with E-state index in [9.17, 15) is 0 Å². The van der Waals surface area contributed by atoms with E-state index in [4.69, 9.17) is 19.3 Å². The number of aliphatic hydroxyl groups excluding tert-OH is 1. The summed E-state index contributed by atoms with van der Waals surface area (Å²) < 4.78 is 15.0. The Kier molecular flexibility index (Phi) is 8.81. The lowest BCUT2D eigenvalue weighted by Gasteiger charge is -2.06. The zero-order valence-electron chi connectivity index (χ0n) is 7.78. The van der Waals surface area contributed by atoms with Crippen LogP contribution in [0.5, 0.6) is 0 Å². The molecule has 0 rings (SSSR count). The van der Waals surface area contributed by atoms with Crippen molar-refractivity contribution in [3.05, 3.63) is 0 Å². The van der Waals surface area contributed by atoms with E-state index in [1.807, 2.05) is 0 Å². The van der Waals surface area contributed by atoms with E-state index >= 15 is 0 Å². The fraction of sp³-hybridized carbons (Fsp3) is 1.00. The topological polar surface area (TPSA) is 47.9 Å². The van der Waals surface area contributed by atoms with Crippen LogP contribution in [0.3, 0.4) is 0 Å². The van der Waals surface area contributed by atoms with Gasteiger partial charge in [-0.25, -0.2) is 0 Å². The van der Waals surface area contributed by atoms with Crippen LogP contribution in [0.2, 0.25) is 0 Å². The molecular formula is C8H18O4. The fourth-order valence-corrected chi connectivity index (χ4v) is 0.616. The highest BCUT2D eigenvalue weighted by molar-refractivity contribution is 4.40. The van der Waals surface area contributed by atoms with Crippen molar-refractivity contribution < 1.29 is 19.3 Å². The summed E-state index contributed by atoms with van der Waals surface area (Å²) in [6.45, 7) is 4.33. The molecule has 0 saturated carbocycles. The van der Waals surface area contributed by atoms with Crippen molar-refractivity contribution in [3.8, 4) is 0 Å². The normalized spacial score (nSPS) is 13.2. The molecule has 0 aromatic rings. The third kappa shape index (κ3) is 9.84. The van der Waals surface area contributed by atoms with Crippen molar-refractivity contribution in [2.45, 2.75) is 13.0 Å². The molecule has 0 unspecified atom stereocenters. The van der Waals surface area contributed by atoms with E-state index in [0.717, 1.165) is 0 Å². The summed E-state index contributed by atoms with van der Waals surface area (Å²) in [4.78, 5) is 0. The monoisotopic (exact) mass is 178 g/mol. The highest BCUT2D eigenvalue weighted by Crippen LogP contribution is 1.83. The van der Waals surface area contributed by atoms with E-state index in [0.29, 0.717) is 33.0 Å². The van der Waals surface area contributed by atoms with Gasteiger partial charge >= 0.3 is 0 Å². The maximum atomic E-state index is 8.81. The van der Waals surface area contributed by atoms with Gasteiger partial charge in [0.15, 0.2) is 0 Å². The van der Waals surface area contributed by atoms with Crippen LogP contribution in [-0.4, -0.2) is 51.4 Å². The molecule has 0 aromatic carbocycles. The summed E-state index contributed by atoms with van der Waals surface area (Å²) in [7, 11) is 1.63. The lowest BCUT2D eigenvalue weighted by atomic mass is 10.4. The van der Waals surface area contributed by atoms with Crippen molar-refractivity contribution >= 4 is 0 Å². The zero-order chi connectivity index (χ0) is 9.23. The summed E-state index contributed by atoms with van der Waals surface area (Å²) >= 11 is 0.